The minimum absolute atomic E-state index is 0.372. The molecule has 1 aliphatic carbocycles. The maximum absolute atomic E-state index is 6.44. The third kappa shape index (κ3) is 5.26. The van der Waals surface area contributed by atoms with Crippen LogP contribution in [0.5, 0.6) is 0 Å². The van der Waals surface area contributed by atoms with E-state index in [1.54, 1.807) is 18.5 Å². The van der Waals surface area contributed by atoms with E-state index in [0.29, 0.717) is 39.5 Å². The Hall–Kier alpha value is -3.50. The van der Waals surface area contributed by atoms with Crippen LogP contribution < -0.4 is 11.1 Å². The van der Waals surface area contributed by atoms with Crippen molar-refractivity contribution in [1.82, 2.24) is 34.3 Å². The molecule has 5 aromatic rings. The lowest BCUT2D eigenvalue weighted by atomic mass is 9.89. The zero-order valence-electron chi connectivity index (χ0n) is 23.5. The number of nitrogens with one attached hydrogen (secondary N) is 1. The average Bonchev–Trinajstić information content (AvgIpc) is 3.39. The summed E-state index contributed by atoms with van der Waals surface area (Å²) in [6.07, 6.45) is 8.46. The predicted octanol–water partition coefficient (Wildman–Crippen LogP) is 6.41. The summed E-state index contributed by atoms with van der Waals surface area (Å²) < 4.78 is 2.34. The lowest BCUT2D eigenvalue weighted by Gasteiger charge is -2.41. The number of piperazine rings is 1. The van der Waals surface area contributed by atoms with Gasteiger partial charge in [-0.25, -0.2) is 19.9 Å². The summed E-state index contributed by atoms with van der Waals surface area (Å²) in [4.78, 5) is 23.1. The maximum Gasteiger partial charge on any atom is 0.229 e. The Morgan fingerprint density at radius 2 is 1.62 bits per heavy atom. The van der Waals surface area contributed by atoms with Crippen LogP contribution in [0.15, 0.2) is 55.0 Å². The lowest BCUT2D eigenvalue weighted by Crippen LogP contribution is -2.49. The zero-order chi connectivity index (χ0) is 28.8. The molecule has 1 saturated carbocycles. The molecule has 0 amide bonds. The van der Waals surface area contributed by atoms with Gasteiger partial charge in [0.25, 0.3) is 0 Å². The minimum atomic E-state index is 0.372. The number of likely N-dealkylation sites (N-methyl/N-ethyl adjacent to an activating group) is 1. The normalized spacial score (nSPS) is 20.4. The van der Waals surface area contributed by atoms with Crippen molar-refractivity contribution < 1.29 is 0 Å². The third-order valence-electron chi connectivity index (χ3n) is 8.82. The fourth-order valence-corrected chi connectivity index (χ4v) is 6.88. The van der Waals surface area contributed by atoms with Crippen LogP contribution in [-0.2, 0) is 0 Å². The first kappa shape index (κ1) is 27.3. The molecule has 0 spiro atoms. The molecule has 2 aromatic carbocycles. The van der Waals surface area contributed by atoms with Crippen LogP contribution in [0, 0.1) is 0 Å². The van der Waals surface area contributed by atoms with Crippen molar-refractivity contribution in [2.24, 2.45) is 0 Å². The Morgan fingerprint density at radius 1 is 0.881 bits per heavy atom. The SMILES string of the molecule is CN1CCN([C@H]2CC[C@H](n3cc(-c4ccc(Nc5nc(Cl)c6ccc(Cl)cc6n5)cc4)c4c(N)ncnc43)CC2)CC1. The summed E-state index contributed by atoms with van der Waals surface area (Å²) in [5.74, 6) is 0.906. The van der Waals surface area contributed by atoms with Gasteiger partial charge in [-0.2, -0.15) is 0 Å². The highest BCUT2D eigenvalue weighted by atomic mass is 35.5. The van der Waals surface area contributed by atoms with Crippen molar-refractivity contribution in [1.29, 1.82) is 0 Å². The van der Waals surface area contributed by atoms with Gasteiger partial charge in [0.2, 0.25) is 5.95 Å². The Bertz CT molecular complexity index is 1740. The molecule has 42 heavy (non-hydrogen) atoms. The maximum atomic E-state index is 6.44. The van der Waals surface area contributed by atoms with Gasteiger partial charge in [-0.1, -0.05) is 35.3 Å². The smallest absolute Gasteiger partial charge is 0.229 e. The van der Waals surface area contributed by atoms with E-state index in [1.165, 1.54) is 25.9 Å². The van der Waals surface area contributed by atoms with E-state index in [4.69, 9.17) is 33.9 Å². The van der Waals surface area contributed by atoms with E-state index in [-0.39, 0.29) is 0 Å². The number of nitrogens with two attached hydrogens (primary N) is 1. The molecule has 0 unspecified atom stereocenters. The molecular weight excluding hydrogens is 569 g/mol. The van der Waals surface area contributed by atoms with Gasteiger partial charge in [0.15, 0.2) is 0 Å². The van der Waals surface area contributed by atoms with Crippen molar-refractivity contribution >= 4 is 62.6 Å². The molecule has 4 heterocycles. The topological polar surface area (TPSA) is 101 Å². The minimum Gasteiger partial charge on any atom is -0.383 e. The Labute approximate surface area is 254 Å². The average molecular weight is 603 g/mol. The van der Waals surface area contributed by atoms with Gasteiger partial charge in [-0.15, -0.1) is 0 Å². The number of nitrogens with zero attached hydrogens (tertiary/aromatic N) is 7. The van der Waals surface area contributed by atoms with Crippen LogP contribution in [0.3, 0.4) is 0 Å². The van der Waals surface area contributed by atoms with E-state index in [0.717, 1.165) is 59.2 Å². The molecular formula is C31H33Cl2N9. The molecule has 216 valence electrons. The van der Waals surface area contributed by atoms with Crippen molar-refractivity contribution in [3.05, 3.63) is 65.2 Å². The first-order valence-electron chi connectivity index (χ1n) is 14.5. The summed E-state index contributed by atoms with van der Waals surface area (Å²) in [7, 11) is 2.21. The van der Waals surface area contributed by atoms with Crippen molar-refractivity contribution in [2.75, 3.05) is 44.3 Å². The summed E-state index contributed by atoms with van der Waals surface area (Å²) >= 11 is 12.6. The number of hydrogen-bond acceptors (Lipinski definition) is 8. The number of nitrogen functional groups attached to an aromatic ring is 1. The molecule has 0 radical (unpaired) electrons. The van der Waals surface area contributed by atoms with Crippen LogP contribution >= 0.6 is 23.2 Å². The largest absolute Gasteiger partial charge is 0.383 e. The third-order valence-corrected chi connectivity index (χ3v) is 9.34. The van der Waals surface area contributed by atoms with Gasteiger partial charge in [-0.05, 0) is 68.6 Å². The molecule has 11 heteroatoms. The van der Waals surface area contributed by atoms with Crippen LogP contribution in [0.25, 0.3) is 33.1 Å². The Morgan fingerprint density at radius 3 is 2.38 bits per heavy atom. The number of halogens is 2. The molecule has 1 aliphatic heterocycles. The van der Waals surface area contributed by atoms with E-state index >= 15 is 0 Å². The number of rotatable bonds is 5. The van der Waals surface area contributed by atoms with Gasteiger partial charge >= 0.3 is 0 Å². The van der Waals surface area contributed by atoms with E-state index in [2.05, 4.69) is 60.0 Å². The monoisotopic (exact) mass is 601 g/mol. The highest BCUT2D eigenvalue weighted by Gasteiger charge is 2.30. The van der Waals surface area contributed by atoms with E-state index < -0.39 is 0 Å². The fraction of sp³-hybridized carbons (Fsp3) is 0.355. The highest BCUT2D eigenvalue weighted by Crippen LogP contribution is 2.39. The lowest BCUT2D eigenvalue weighted by molar-refractivity contribution is 0.0828. The molecule has 0 bridgehead atoms. The van der Waals surface area contributed by atoms with Crippen molar-refractivity contribution in [3.8, 4) is 11.1 Å². The molecule has 2 aliphatic rings. The molecule has 3 aromatic heterocycles. The van der Waals surface area contributed by atoms with Crippen LogP contribution in [0.2, 0.25) is 10.2 Å². The number of anilines is 3. The van der Waals surface area contributed by atoms with Gasteiger partial charge in [0.05, 0.1) is 10.9 Å². The van der Waals surface area contributed by atoms with Crippen LogP contribution in [-0.4, -0.2) is 73.6 Å². The summed E-state index contributed by atoms with van der Waals surface area (Å²) in [5, 5.41) is 5.89. The molecule has 9 nitrogen and oxygen atoms in total. The molecule has 2 fully saturated rings. The number of hydrogen-bond donors (Lipinski definition) is 2. The van der Waals surface area contributed by atoms with E-state index in [9.17, 15) is 0 Å². The number of aromatic nitrogens is 5. The van der Waals surface area contributed by atoms with E-state index in [1.807, 2.05) is 18.2 Å². The Kier molecular flexibility index (Phi) is 7.35. The summed E-state index contributed by atoms with van der Waals surface area (Å²) in [6.45, 7) is 4.67. The second-order valence-corrected chi connectivity index (χ2v) is 12.2. The van der Waals surface area contributed by atoms with Gasteiger partial charge < -0.3 is 20.5 Å². The molecule has 0 atom stereocenters. The van der Waals surface area contributed by atoms with Gasteiger partial charge in [-0.3, -0.25) is 4.90 Å². The number of fused-ring (bicyclic) bond motifs is 2. The molecule has 7 rings (SSSR count). The van der Waals surface area contributed by atoms with Gasteiger partial charge in [0, 0.05) is 66.1 Å². The quantitative estimate of drug-likeness (QED) is 0.223. The predicted molar refractivity (Wildman–Crippen MR) is 171 cm³/mol. The van der Waals surface area contributed by atoms with Crippen molar-refractivity contribution in [2.45, 2.75) is 37.8 Å². The highest BCUT2D eigenvalue weighted by molar-refractivity contribution is 6.35. The first-order valence-corrected chi connectivity index (χ1v) is 15.2. The Balaban J connectivity index is 1.13. The number of benzene rings is 2. The van der Waals surface area contributed by atoms with Crippen LogP contribution in [0.4, 0.5) is 17.5 Å². The fourth-order valence-electron chi connectivity index (χ4n) is 6.48. The van der Waals surface area contributed by atoms with Crippen molar-refractivity contribution in [3.63, 3.8) is 0 Å². The second-order valence-electron chi connectivity index (χ2n) is 11.4. The molecule has 1 saturated heterocycles. The van der Waals surface area contributed by atoms with Gasteiger partial charge in [0.1, 0.15) is 22.9 Å². The molecule has 3 N–H and O–H groups in total. The van der Waals surface area contributed by atoms with Crippen LogP contribution in [0.1, 0.15) is 31.7 Å². The summed E-state index contributed by atoms with van der Waals surface area (Å²) in [5.41, 5.74) is 11.0. The zero-order valence-corrected chi connectivity index (χ0v) is 25.0. The second kappa shape index (κ2) is 11.3. The standard InChI is InChI=1S/C31H33Cl2N9/c1-40-12-14-41(15-13-40)22-7-9-23(10-8-22)42-17-25(27-29(34)35-18-36-30(27)42)19-2-5-21(6-3-19)37-31-38-26-16-20(32)4-11-24(26)28(33)39-31/h2-6,11,16-18,22-23H,7-10,12-15H2,1H3,(H2,34,35,36)(H,37,38,39)/t22-,23-. The summed E-state index contributed by atoms with van der Waals surface area (Å²) in [6, 6.07) is 14.6. The first-order chi connectivity index (χ1) is 20.4.